The zero-order valence-corrected chi connectivity index (χ0v) is 18.3. The number of fused-ring (bicyclic) bond motifs is 1. The third kappa shape index (κ3) is 4.75. The van der Waals surface area contributed by atoms with Crippen LogP contribution in [0.5, 0.6) is 5.75 Å². The van der Waals surface area contributed by atoms with E-state index in [0.717, 1.165) is 36.6 Å². The fraction of sp³-hybridized carbons (Fsp3) is 0.348. The van der Waals surface area contributed by atoms with E-state index >= 15 is 0 Å². The summed E-state index contributed by atoms with van der Waals surface area (Å²) in [6.45, 7) is 1.08. The number of nitrogens with one attached hydrogen (secondary N) is 1. The summed E-state index contributed by atoms with van der Waals surface area (Å²) in [7, 11) is -1.99. The van der Waals surface area contributed by atoms with Gasteiger partial charge in [0.1, 0.15) is 11.3 Å². The molecule has 8 heteroatoms. The van der Waals surface area contributed by atoms with Crippen molar-refractivity contribution in [3.63, 3.8) is 0 Å². The molecule has 4 rings (SSSR count). The second-order valence-corrected chi connectivity index (χ2v) is 9.63. The number of ether oxygens (including phenoxy) is 1. The number of carbonyl (C=O) groups excluding carboxylic acids is 1. The van der Waals surface area contributed by atoms with Crippen LogP contribution >= 0.6 is 0 Å². The molecule has 1 fully saturated rings. The van der Waals surface area contributed by atoms with E-state index in [0.29, 0.717) is 30.1 Å². The smallest absolute Gasteiger partial charge is 0.243 e. The first kappa shape index (κ1) is 21.4. The van der Waals surface area contributed by atoms with Crippen molar-refractivity contribution in [1.82, 2.24) is 4.31 Å². The number of rotatable bonds is 6. The van der Waals surface area contributed by atoms with E-state index in [9.17, 15) is 13.2 Å². The highest BCUT2D eigenvalue weighted by Crippen LogP contribution is 2.27. The molecule has 1 saturated heterocycles. The summed E-state index contributed by atoms with van der Waals surface area (Å²) in [5.41, 5.74) is 1.85. The predicted octanol–water partition coefficient (Wildman–Crippen LogP) is 4.19. The Bertz CT molecular complexity index is 1180. The van der Waals surface area contributed by atoms with E-state index in [2.05, 4.69) is 5.32 Å². The summed E-state index contributed by atoms with van der Waals surface area (Å²) in [6.07, 6.45) is 5.53. The van der Waals surface area contributed by atoms with Gasteiger partial charge in [0.2, 0.25) is 15.9 Å². The Balaban J connectivity index is 1.48. The monoisotopic (exact) mass is 442 g/mol. The van der Waals surface area contributed by atoms with Crippen LogP contribution in [-0.4, -0.2) is 38.8 Å². The molecule has 7 nitrogen and oxygen atoms in total. The first-order chi connectivity index (χ1) is 15.0. The Morgan fingerprint density at radius 1 is 1.10 bits per heavy atom. The van der Waals surface area contributed by atoms with Gasteiger partial charge in [-0.25, -0.2) is 8.42 Å². The molecule has 0 saturated carbocycles. The van der Waals surface area contributed by atoms with Crippen LogP contribution in [0.4, 0.5) is 5.69 Å². The van der Waals surface area contributed by atoms with Gasteiger partial charge < -0.3 is 14.5 Å². The molecule has 1 aliphatic heterocycles. The number of hydrogen-bond donors (Lipinski definition) is 1. The highest BCUT2D eigenvalue weighted by atomic mass is 32.2. The molecule has 31 heavy (non-hydrogen) atoms. The number of benzene rings is 2. The van der Waals surface area contributed by atoms with Crippen molar-refractivity contribution >= 4 is 32.6 Å². The molecular weight excluding hydrogens is 416 g/mol. The third-order valence-corrected chi connectivity index (χ3v) is 7.43. The van der Waals surface area contributed by atoms with E-state index in [4.69, 9.17) is 9.15 Å². The van der Waals surface area contributed by atoms with E-state index in [1.165, 1.54) is 6.07 Å². The standard InChI is InChI=1S/C23H26N2O5S/c1-29-19-9-10-21-17(16-30-22(21)15-19)13-23(26)24-18-7-6-8-20(14-18)31(27,28)25-11-4-2-3-5-12-25/h6-10,14-16H,2-5,11-13H2,1H3,(H,24,26). The molecule has 0 spiro atoms. The van der Waals surface area contributed by atoms with Crippen molar-refractivity contribution < 1.29 is 22.4 Å². The van der Waals surface area contributed by atoms with Crippen molar-refractivity contribution in [2.24, 2.45) is 0 Å². The SMILES string of the molecule is COc1ccc2c(CC(=O)Nc3cccc(S(=O)(=O)N4CCCCCC4)c3)coc2c1. The molecule has 1 N–H and O–H groups in total. The maximum atomic E-state index is 13.0. The van der Waals surface area contributed by atoms with Gasteiger partial charge in [0.05, 0.1) is 24.7 Å². The van der Waals surface area contributed by atoms with Gasteiger partial charge in [0.15, 0.2) is 0 Å². The third-order valence-electron chi connectivity index (χ3n) is 5.53. The van der Waals surface area contributed by atoms with Crippen LogP contribution in [0.3, 0.4) is 0 Å². The van der Waals surface area contributed by atoms with Gasteiger partial charge >= 0.3 is 0 Å². The highest BCUT2D eigenvalue weighted by molar-refractivity contribution is 7.89. The number of carbonyl (C=O) groups is 1. The normalized spacial score (nSPS) is 15.5. The number of anilines is 1. The van der Waals surface area contributed by atoms with Crippen LogP contribution in [0.2, 0.25) is 0 Å². The lowest BCUT2D eigenvalue weighted by Gasteiger charge is -2.20. The molecule has 2 heterocycles. The fourth-order valence-corrected chi connectivity index (χ4v) is 5.43. The minimum absolute atomic E-state index is 0.114. The highest BCUT2D eigenvalue weighted by Gasteiger charge is 2.25. The molecule has 0 aliphatic carbocycles. The molecule has 0 unspecified atom stereocenters. The van der Waals surface area contributed by atoms with Gasteiger partial charge in [-0.1, -0.05) is 18.9 Å². The quantitative estimate of drug-likeness (QED) is 0.618. The predicted molar refractivity (Wildman–Crippen MR) is 119 cm³/mol. The summed E-state index contributed by atoms with van der Waals surface area (Å²) < 4.78 is 38.3. The molecule has 0 radical (unpaired) electrons. The van der Waals surface area contributed by atoms with Gasteiger partial charge in [-0.2, -0.15) is 4.31 Å². The van der Waals surface area contributed by atoms with E-state index < -0.39 is 10.0 Å². The van der Waals surface area contributed by atoms with Crippen LogP contribution in [0.1, 0.15) is 31.2 Å². The van der Waals surface area contributed by atoms with Crippen molar-refractivity contribution in [1.29, 1.82) is 0 Å². The average Bonchev–Trinajstić information content (AvgIpc) is 2.97. The van der Waals surface area contributed by atoms with E-state index in [-0.39, 0.29) is 17.2 Å². The van der Waals surface area contributed by atoms with Gasteiger partial charge in [-0.05, 0) is 43.2 Å². The Morgan fingerprint density at radius 3 is 2.61 bits per heavy atom. The zero-order valence-electron chi connectivity index (χ0n) is 17.5. The molecule has 1 aromatic heterocycles. The maximum absolute atomic E-state index is 13.0. The molecule has 1 amide bonds. The minimum atomic E-state index is -3.57. The molecule has 1 aliphatic rings. The lowest BCUT2D eigenvalue weighted by Crippen LogP contribution is -2.32. The first-order valence-corrected chi connectivity index (χ1v) is 11.9. The number of methoxy groups -OCH3 is 1. The molecular formula is C23H26N2O5S. The second-order valence-electron chi connectivity index (χ2n) is 7.69. The van der Waals surface area contributed by atoms with Crippen molar-refractivity contribution in [3.8, 4) is 5.75 Å². The first-order valence-electron chi connectivity index (χ1n) is 10.4. The van der Waals surface area contributed by atoms with Gasteiger partial charge in [-0.3, -0.25) is 4.79 Å². The number of furan rings is 1. The molecule has 0 atom stereocenters. The van der Waals surface area contributed by atoms with Crippen LogP contribution < -0.4 is 10.1 Å². The Morgan fingerprint density at radius 2 is 1.87 bits per heavy atom. The molecule has 2 aromatic carbocycles. The molecule has 0 bridgehead atoms. The molecule has 3 aromatic rings. The molecule has 164 valence electrons. The topological polar surface area (TPSA) is 88.8 Å². The van der Waals surface area contributed by atoms with Crippen molar-refractivity contribution in [2.75, 3.05) is 25.5 Å². The van der Waals surface area contributed by atoms with Crippen molar-refractivity contribution in [3.05, 3.63) is 54.3 Å². The summed E-state index contributed by atoms with van der Waals surface area (Å²) in [5, 5.41) is 3.65. The van der Waals surface area contributed by atoms with Gasteiger partial charge in [0, 0.05) is 35.8 Å². The Hall–Kier alpha value is -2.84. The lowest BCUT2D eigenvalue weighted by molar-refractivity contribution is -0.115. The van der Waals surface area contributed by atoms with E-state index in [1.807, 2.05) is 12.1 Å². The maximum Gasteiger partial charge on any atom is 0.243 e. The summed E-state index contributed by atoms with van der Waals surface area (Å²) >= 11 is 0. The van der Waals surface area contributed by atoms with Crippen LogP contribution in [0.25, 0.3) is 11.0 Å². The second kappa shape index (κ2) is 9.11. The summed E-state index contributed by atoms with van der Waals surface area (Å²) in [5.74, 6) is 0.433. The average molecular weight is 443 g/mol. The van der Waals surface area contributed by atoms with Crippen LogP contribution in [0, 0.1) is 0 Å². The summed E-state index contributed by atoms with van der Waals surface area (Å²) in [4.78, 5) is 12.8. The number of hydrogen-bond acceptors (Lipinski definition) is 5. The number of amides is 1. The minimum Gasteiger partial charge on any atom is -0.497 e. The zero-order chi connectivity index (χ0) is 21.8. The van der Waals surface area contributed by atoms with Crippen LogP contribution in [-0.2, 0) is 21.2 Å². The fourth-order valence-electron chi connectivity index (χ4n) is 3.87. The van der Waals surface area contributed by atoms with Gasteiger partial charge in [0.25, 0.3) is 0 Å². The summed E-state index contributed by atoms with van der Waals surface area (Å²) in [6, 6.07) is 11.9. The van der Waals surface area contributed by atoms with Crippen molar-refractivity contribution in [2.45, 2.75) is 37.0 Å². The Kier molecular flexibility index (Phi) is 6.29. The van der Waals surface area contributed by atoms with Gasteiger partial charge in [-0.15, -0.1) is 0 Å². The number of sulfonamides is 1. The Labute approximate surface area is 182 Å². The van der Waals surface area contributed by atoms with Crippen LogP contribution in [0.15, 0.2) is 58.0 Å². The largest absolute Gasteiger partial charge is 0.497 e. The van der Waals surface area contributed by atoms with E-state index in [1.54, 1.807) is 41.9 Å². The lowest BCUT2D eigenvalue weighted by atomic mass is 10.1. The number of nitrogens with zero attached hydrogens (tertiary/aromatic N) is 1.